The van der Waals surface area contributed by atoms with Crippen LogP contribution in [0.3, 0.4) is 0 Å². The van der Waals surface area contributed by atoms with Crippen molar-refractivity contribution < 1.29 is 9.90 Å². The topological polar surface area (TPSA) is 53.4 Å². The van der Waals surface area contributed by atoms with E-state index in [1.807, 2.05) is 12.1 Å². The SMILES string of the molecule is O=C(O)c1ccc(CN2CCc3ccccc32)cn1. The van der Waals surface area contributed by atoms with Gasteiger partial charge in [0.15, 0.2) is 0 Å². The van der Waals surface area contributed by atoms with Crippen molar-refractivity contribution in [1.82, 2.24) is 4.98 Å². The van der Waals surface area contributed by atoms with Gasteiger partial charge in [0.25, 0.3) is 0 Å². The van der Waals surface area contributed by atoms with Crippen molar-refractivity contribution in [3.05, 3.63) is 59.4 Å². The Morgan fingerprint density at radius 2 is 2.11 bits per heavy atom. The first-order valence-corrected chi connectivity index (χ1v) is 6.25. The Bertz CT molecular complexity index is 608. The third kappa shape index (κ3) is 2.29. The lowest BCUT2D eigenvalue weighted by molar-refractivity contribution is 0.0690. The van der Waals surface area contributed by atoms with Crippen LogP contribution in [-0.4, -0.2) is 22.6 Å². The maximum absolute atomic E-state index is 10.7. The molecule has 0 amide bonds. The lowest BCUT2D eigenvalue weighted by Gasteiger charge is -2.19. The average Bonchev–Trinajstić information content (AvgIpc) is 2.83. The molecule has 4 heteroatoms. The molecule has 1 aliphatic rings. The second-order valence-electron chi connectivity index (χ2n) is 4.66. The highest BCUT2D eigenvalue weighted by atomic mass is 16.4. The smallest absolute Gasteiger partial charge is 0.354 e. The summed E-state index contributed by atoms with van der Waals surface area (Å²) < 4.78 is 0. The number of nitrogens with zero attached hydrogens (tertiary/aromatic N) is 2. The minimum atomic E-state index is -0.988. The van der Waals surface area contributed by atoms with E-state index in [1.165, 1.54) is 11.3 Å². The van der Waals surface area contributed by atoms with Gasteiger partial charge in [-0.3, -0.25) is 0 Å². The molecule has 0 unspecified atom stereocenters. The van der Waals surface area contributed by atoms with E-state index in [0.717, 1.165) is 25.1 Å². The van der Waals surface area contributed by atoms with E-state index in [9.17, 15) is 4.79 Å². The van der Waals surface area contributed by atoms with E-state index in [1.54, 1.807) is 12.3 Å². The Hall–Kier alpha value is -2.36. The number of pyridine rings is 1. The molecule has 0 saturated heterocycles. The van der Waals surface area contributed by atoms with Gasteiger partial charge in [0, 0.05) is 25.0 Å². The number of hydrogen-bond acceptors (Lipinski definition) is 3. The fourth-order valence-corrected chi connectivity index (χ4v) is 2.44. The van der Waals surface area contributed by atoms with Crippen LogP contribution in [0.1, 0.15) is 21.6 Å². The van der Waals surface area contributed by atoms with Gasteiger partial charge in [0.05, 0.1) is 0 Å². The highest BCUT2D eigenvalue weighted by Crippen LogP contribution is 2.28. The highest BCUT2D eigenvalue weighted by Gasteiger charge is 2.18. The van der Waals surface area contributed by atoms with Crippen LogP contribution >= 0.6 is 0 Å². The standard InChI is InChI=1S/C15H14N2O2/c18-15(19)13-6-5-11(9-16-13)10-17-8-7-12-3-1-2-4-14(12)17/h1-6,9H,7-8,10H2,(H,18,19). The zero-order valence-electron chi connectivity index (χ0n) is 10.4. The van der Waals surface area contributed by atoms with Gasteiger partial charge in [-0.25, -0.2) is 9.78 Å². The van der Waals surface area contributed by atoms with E-state index in [-0.39, 0.29) is 5.69 Å². The minimum absolute atomic E-state index is 0.0885. The number of hydrogen-bond donors (Lipinski definition) is 1. The Kier molecular flexibility index (Phi) is 2.91. The Morgan fingerprint density at radius 3 is 2.84 bits per heavy atom. The van der Waals surface area contributed by atoms with Crippen molar-refractivity contribution in [2.75, 3.05) is 11.4 Å². The molecular weight excluding hydrogens is 240 g/mol. The molecule has 0 fully saturated rings. The van der Waals surface area contributed by atoms with Gasteiger partial charge in [0.2, 0.25) is 0 Å². The van der Waals surface area contributed by atoms with Gasteiger partial charge in [-0.05, 0) is 29.7 Å². The van der Waals surface area contributed by atoms with Crippen molar-refractivity contribution >= 4 is 11.7 Å². The lowest BCUT2D eigenvalue weighted by atomic mass is 10.2. The van der Waals surface area contributed by atoms with Gasteiger partial charge in [-0.15, -0.1) is 0 Å². The molecule has 1 aromatic heterocycles. The van der Waals surface area contributed by atoms with Crippen LogP contribution in [-0.2, 0) is 13.0 Å². The van der Waals surface area contributed by atoms with Crippen molar-refractivity contribution in [1.29, 1.82) is 0 Å². The van der Waals surface area contributed by atoms with E-state index in [4.69, 9.17) is 5.11 Å². The van der Waals surface area contributed by atoms with E-state index < -0.39 is 5.97 Å². The monoisotopic (exact) mass is 254 g/mol. The lowest BCUT2D eigenvalue weighted by Crippen LogP contribution is -2.19. The largest absolute Gasteiger partial charge is 0.477 e. The summed E-state index contributed by atoms with van der Waals surface area (Å²) in [5.41, 5.74) is 3.76. The van der Waals surface area contributed by atoms with Crippen LogP contribution in [0.5, 0.6) is 0 Å². The number of aromatic nitrogens is 1. The van der Waals surface area contributed by atoms with Gasteiger partial charge >= 0.3 is 5.97 Å². The van der Waals surface area contributed by atoms with Crippen molar-refractivity contribution in [2.24, 2.45) is 0 Å². The number of aromatic carboxylic acids is 1. The maximum atomic E-state index is 10.7. The minimum Gasteiger partial charge on any atom is -0.477 e. The van der Waals surface area contributed by atoms with E-state index in [2.05, 4.69) is 28.1 Å². The molecule has 0 bridgehead atoms. The molecule has 4 nitrogen and oxygen atoms in total. The molecule has 2 heterocycles. The third-order valence-electron chi connectivity index (χ3n) is 3.40. The molecule has 96 valence electrons. The summed E-state index contributed by atoms with van der Waals surface area (Å²) in [4.78, 5) is 17.0. The number of benzene rings is 1. The van der Waals surface area contributed by atoms with E-state index >= 15 is 0 Å². The molecule has 1 N–H and O–H groups in total. The predicted octanol–water partition coefficient (Wildman–Crippen LogP) is 2.34. The number of carboxylic acid groups (broad SMARTS) is 1. The molecule has 3 rings (SSSR count). The second-order valence-corrected chi connectivity index (χ2v) is 4.66. The zero-order valence-corrected chi connectivity index (χ0v) is 10.4. The predicted molar refractivity (Wildman–Crippen MR) is 72.4 cm³/mol. The second kappa shape index (κ2) is 4.72. The quantitative estimate of drug-likeness (QED) is 0.913. The first kappa shape index (κ1) is 11.7. The highest BCUT2D eigenvalue weighted by molar-refractivity contribution is 5.85. The summed E-state index contributed by atoms with van der Waals surface area (Å²) in [6.45, 7) is 1.77. The number of anilines is 1. The van der Waals surface area contributed by atoms with Crippen LogP contribution in [0.2, 0.25) is 0 Å². The fourth-order valence-electron chi connectivity index (χ4n) is 2.44. The number of carboxylic acids is 1. The number of para-hydroxylation sites is 1. The normalized spacial score (nSPS) is 13.4. The van der Waals surface area contributed by atoms with Crippen molar-refractivity contribution in [3.63, 3.8) is 0 Å². The van der Waals surface area contributed by atoms with Crippen LogP contribution < -0.4 is 4.90 Å². The molecule has 2 aromatic rings. The Balaban J connectivity index is 1.78. The summed E-state index contributed by atoms with van der Waals surface area (Å²) in [6.07, 6.45) is 2.71. The summed E-state index contributed by atoms with van der Waals surface area (Å²) in [7, 11) is 0. The molecular formula is C15H14N2O2. The maximum Gasteiger partial charge on any atom is 0.354 e. The first-order chi connectivity index (χ1) is 9.24. The zero-order chi connectivity index (χ0) is 13.2. The van der Waals surface area contributed by atoms with Crippen molar-refractivity contribution in [3.8, 4) is 0 Å². The molecule has 0 spiro atoms. The Labute approximate surface area is 111 Å². The summed E-state index contributed by atoms with van der Waals surface area (Å²) in [5, 5.41) is 8.82. The summed E-state index contributed by atoms with van der Waals surface area (Å²) >= 11 is 0. The number of fused-ring (bicyclic) bond motifs is 1. The number of rotatable bonds is 3. The van der Waals surface area contributed by atoms with Gasteiger partial charge in [-0.2, -0.15) is 0 Å². The molecule has 1 aromatic carbocycles. The fraction of sp³-hybridized carbons (Fsp3) is 0.200. The van der Waals surface area contributed by atoms with Gasteiger partial charge < -0.3 is 10.0 Å². The van der Waals surface area contributed by atoms with Gasteiger partial charge in [-0.1, -0.05) is 24.3 Å². The van der Waals surface area contributed by atoms with Crippen LogP contribution in [0.15, 0.2) is 42.6 Å². The third-order valence-corrected chi connectivity index (χ3v) is 3.40. The Morgan fingerprint density at radius 1 is 1.26 bits per heavy atom. The molecule has 1 aliphatic heterocycles. The van der Waals surface area contributed by atoms with Crippen molar-refractivity contribution in [2.45, 2.75) is 13.0 Å². The summed E-state index contributed by atoms with van der Waals surface area (Å²) in [6, 6.07) is 11.8. The molecule has 0 radical (unpaired) electrons. The summed E-state index contributed by atoms with van der Waals surface area (Å²) in [5.74, 6) is -0.988. The average molecular weight is 254 g/mol. The molecule has 0 atom stereocenters. The van der Waals surface area contributed by atoms with Gasteiger partial charge in [0.1, 0.15) is 5.69 Å². The number of carbonyl (C=O) groups is 1. The van der Waals surface area contributed by atoms with Crippen LogP contribution in [0, 0.1) is 0 Å². The van der Waals surface area contributed by atoms with Crippen LogP contribution in [0.25, 0.3) is 0 Å². The molecule has 0 aliphatic carbocycles. The molecule has 19 heavy (non-hydrogen) atoms. The first-order valence-electron chi connectivity index (χ1n) is 6.25. The molecule has 0 saturated carbocycles. The van der Waals surface area contributed by atoms with E-state index in [0.29, 0.717) is 0 Å². The van der Waals surface area contributed by atoms with Crippen LogP contribution in [0.4, 0.5) is 5.69 Å².